The van der Waals surface area contributed by atoms with Gasteiger partial charge in [-0.15, -0.1) is 12.4 Å². The minimum atomic E-state index is 0. The maximum Gasteiger partial charge on any atom is 0.239 e. The van der Waals surface area contributed by atoms with Crippen molar-refractivity contribution in [3.05, 3.63) is 23.9 Å². The van der Waals surface area contributed by atoms with Crippen LogP contribution in [0.2, 0.25) is 0 Å². The smallest absolute Gasteiger partial charge is 0.239 e. The Balaban J connectivity index is 0.00000162. The molecule has 0 bridgehead atoms. The first-order chi connectivity index (χ1) is 8.24. The van der Waals surface area contributed by atoms with Crippen LogP contribution < -0.4 is 10.6 Å². The van der Waals surface area contributed by atoms with Crippen molar-refractivity contribution >= 4 is 24.1 Å². The van der Waals surface area contributed by atoms with E-state index in [0.29, 0.717) is 12.4 Å². The van der Waals surface area contributed by atoms with Gasteiger partial charge < -0.3 is 10.6 Å². The van der Waals surface area contributed by atoms with E-state index in [1.165, 1.54) is 0 Å². The molecule has 2 heterocycles. The molecule has 2 N–H and O–H groups in total. The third-order valence-electron chi connectivity index (χ3n) is 2.76. The number of hydrogen-bond donors (Lipinski definition) is 2. The quantitative estimate of drug-likeness (QED) is 0.847. The van der Waals surface area contributed by atoms with Crippen molar-refractivity contribution in [2.24, 2.45) is 0 Å². The SMILES string of the molecule is Cc1ccc(NC(=O)CN2CCNCC2)nc1.Cl. The normalized spacial score (nSPS) is 15.8. The number of carbonyl (C=O) groups is 1. The third kappa shape index (κ3) is 4.60. The summed E-state index contributed by atoms with van der Waals surface area (Å²) in [6.07, 6.45) is 1.75. The van der Waals surface area contributed by atoms with E-state index in [2.05, 4.69) is 20.5 Å². The lowest BCUT2D eigenvalue weighted by atomic mass is 10.3. The highest BCUT2D eigenvalue weighted by molar-refractivity contribution is 5.91. The molecule has 0 unspecified atom stereocenters. The van der Waals surface area contributed by atoms with Gasteiger partial charge in [-0.2, -0.15) is 0 Å². The van der Waals surface area contributed by atoms with E-state index in [1.807, 2.05) is 19.1 Å². The van der Waals surface area contributed by atoms with E-state index in [0.717, 1.165) is 31.7 Å². The lowest BCUT2D eigenvalue weighted by Crippen LogP contribution is -2.46. The average Bonchev–Trinajstić information content (AvgIpc) is 2.33. The second-order valence-corrected chi connectivity index (χ2v) is 4.30. The number of aromatic nitrogens is 1. The van der Waals surface area contributed by atoms with Crippen LogP contribution in [0.1, 0.15) is 5.56 Å². The first-order valence-corrected chi connectivity index (χ1v) is 5.89. The Bertz CT molecular complexity index is 376. The Labute approximate surface area is 113 Å². The van der Waals surface area contributed by atoms with Crippen LogP contribution in [-0.2, 0) is 4.79 Å². The van der Waals surface area contributed by atoms with Gasteiger partial charge >= 0.3 is 0 Å². The number of carbonyl (C=O) groups excluding carboxylic acids is 1. The van der Waals surface area contributed by atoms with Gasteiger partial charge in [0.15, 0.2) is 0 Å². The van der Waals surface area contributed by atoms with E-state index in [4.69, 9.17) is 0 Å². The molecule has 0 aliphatic carbocycles. The average molecular weight is 271 g/mol. The topological polar surface area (TPSA) is 57.3 Å². The molecule has 0 radical (unpaired) electrons. The van der Waals surface area contributed by atoms with Gasteiger partial charge in [-0.1, -0.05) is 6.07 Å². The molecule has 1 aliphatic rings. The predicted molar refractivity (Wildman–Crippen MR) is 74.2 cm³/mol. The zero-order valence-corrected chi connectivity index (χ0v) is 11.3. The molecule has 1 aromatic heterocycles. The first-order valence-electron chi connectivity index (χ1n) is 5.89. The fourth-order valence-corrected chi connectivity index (χ4v) is 1.80. The van der Waals surface area contributed by atoms with Gasteiger partial charge in [-0.25, -0.2) is 4.98 Å². The largest absolute Gasteiger partial charge is 0.314 e. The van der Waals surface area contributed by atoms with Crippen LogP contribution in [0, 0.1) is 6.92 Å². The molecule has 1 aromatic rings. The fraction of sp³-hybridized carbons (Fsp3) is 0.500. The molecule has 1 saturated heterocycles. The minimum Gasteiger partial charge on any atom is -0.314 e. The van der Waals surface area contributed by atoms with E-state index in [-0.39, 0.29) is 18.3 Å². The van der Waals surface area contributed by atoms with Gasteiger partial charge in [-0.3, -0.25) is 9.69 Å². The summed E-state index contributed by atoms with van der Waals surface area (Å²) in [6, 6.07) is 3.76. The molecule has 0 saturated carbocycles. The molecule has 100 valence electrons. The molecule has 18 heavy (non-hydrogen) atoms. The van der Waals surface area contributed by atoms with Crippen LogP contribution in [0.4, 0.5) is 5.82 Å². The number of anilines is 1. The second-order valence-electron chi connectivity index (χ2n) is 4.30. The Hall–Kier alpha value is -1.17. The van der Waals surface area contributed by atoms with Gasteiger partial charge in [0.1, 0.15) is 5.82 Å². The van der Waals surface area contributed by atoms with Crippen LogP contribution in [0.5, 0.6) is 0 Å². The Morgan fingerprint density at radius 3 is 2.78 bits per heavy atom. The van der Waals surface area contributed by atoms with Gasteiger partial charge in [-0.05, 0) is 18.6 Å². The number of amides is 1. The lowest BCUT2D eigenvalue weighted by Gasteiger charge is -2.26. The minimum absolute atomic E-state index is 0. The number of pyridine rings is 1. The summed E-state index contributed by atoms with van der Waals surface area (Å²) in [6.45, 7) is 6.17. The van der Waals surface area contributed by atoms with Crippen molar-refractivity contribution < 1.29 is 4.79 Å². The van der Waals surface area contributed by atoms with E-state index in [1.54, 1.807) is 6.20 Å². The zero-order valence-electron chi connectivity index (χ0n) is 10.5. The zero-order chi connectivity index (χ0) is 12.1. The standard InChI is InChI=1S/C12H18N4O.ClH/c1-10-2-3-11(14-8-10)15-12(17)9-16-6-4-13-5-7-16;/h2-3,8,13H,4-7,9H2,1H3,(H,14,15,17);1H. The maximum atomic E-state index is 11.8. The summed E-state index contributed by atoms with van der Waals surface area (Å²) in [5, 5.41) is 6.06. The molecular formula is C12H19ClN4O. The molecule has 0 atom stereocenters. The lowest BCUT2D eigenvalue weighted by molar-refractivity contribution is -0.117. The molecule has 1 fully saturated rings. The first kappa shape index (κ1) is 14.9. The van der Waals surface area contributed by atoms with Crippen LogP contribution in [-0.4, -0.2) is 48.5 Å². The Morgan fingerprint density at radius 2 is 2.17 bits per heavy atom. The summed E-state index contributed by atoms with van der Waals surface area (Å²) < 4.78 is 0. The van der Waals surface area contributed by atoms with E-state index >= 15 is 0 Å². The second kappa shape index (κ2) is 7.31. The van der Waals surface area contributed by atoms with Gasteiger partial charge in [0.2, 0.25) is 5.91 Å². The summed E-state index contributed by atoms with van der Waals surface area (Å²) in [5.74, 6) is 0.624. The number of halogens is 1. The highest BCUT2D eigenvalue weighted by atomic mass is 35.5. The van der Waals surface area contributed by atoms with Gasteiger partial charge in [0.05, 0.1) is 6.54 Å². The number of aryl methyl sites for hydroxylation is 1. The molecular weight excluding hydrogens is 252 g/mol. The summed E-state index contributed by atoms with van der Waals surface area (Å²) in [7, 11) is 0. The highest BCUT2D eigenvalue weighted by Crippen LogP contribution is 2.04. The van der Waals surface area contributed by atoms with Crippen LogP contribution in [0.25, 0.3) is 0 Å². The monoisotopic (exact) mass is 270 g/mol. The molecule has 2 rings (SSSR count). The molecule has 1 aliphatic heterocycles. The van der Waals surface area contributed by atoms with Crippen molar-refractivity contribution in [3.8, 4) is 0 Å². The van der Waals surface area contributed by atoms with Gasteiger partial charge in [0.25, 0.3) is 0 Å². The van der Waals surface area contributed by atoms with Crippen LogP contribution in [0.3, 0.4) is 0 Å². The number of piperazine rings is 1. The molecule has 0 spiro atoms. The third-order valence-corrected chi connectivity index (χ3v) is 2.76. The van der Waals surface area contributed by atoms with Crippen molar-refractivity contribution in [1.29, 1.82) is 0 Å². The van der Waals surface area contributed by atoms with Crippen molar-refractivity contribution in [3.63, 3.8) is 0 Å². The molecule has 1 amide bonds. The van der Waals surface area contributed by atoms with Crippen LogP contribution in [0.15, 0.2) is 18.3 Å². The fourth-order valence-electron chi connectivity index (χ4n) is 1.80. The summed E-state index contributed by atoms with van der Waals surface area (Å²) in [4.78, 5) is 18.0. The van der Waals surface area contributed by atoms with Crippen molar-refractivity contribution in [2.45, 2.75) is 6.92 Å². The predicted octanol–water partition coefficient (Wildman–Crippen LogP) is 0.656. The molecule has 6 heteroatoms. The van der Waals surface area contributed by atoms with Gasteiger partial charge in [0, 0.05) is 32.4 Å². The summed E-state index contributed by atoms with van der Waals surface area (Å²) >= 11 is 0. The van der Waals surface area contributed by atoms with E-state index < -0.39 is 0 Å². The van der Waals surface area contributed by atoms with Crippen molar-refractivity contribution in [2.75, 3.05) is 38.0 Å². The number of nitrogens with zero attached hydrogens (tertiary/aromatic N) is 2. The molecule has 5 nitrogen and oxygen atoms in total. The summed E-state index contributed by atoms with van der Waals surface area (Å²) in [5.41, 5.74) is 1.09. The molecule has 0 aromatic carbocycles. The number of hydrogen-bond acceptors (Lipinski definition) is 4. The van der Waals surface area contributed by atoms with Crippen molar-refractivity contribution in [1.82, 2.24) is 15.2 Å². The highest BCUT2D eigenvalue weighted by Gasteiger charge is 2.13. The number of rotatable bonds is 3. The Kier molecular flexibility index (Phi) is 6.04. The van der Waals surface area contributed by atoms with Crippen LogP contribution >= 0.6 is 12.4 Å². The van der Waals surface area contributed by atoms with E-state index in [9.17, 15) is 4.79 Å². The Morgan fingerprint density at radius 1 is 1.44 bits per heavy atom. The maximum absolute atomic E-state index is 11.8. The number of nitrogens with one attached hydrogen (secondary N) is 2.